The largest absolute Gasteiger partial charge is 0.508 e. The number of carbonyl (C=O) groups excluding carboxylic acids is 1. The summed E-state index contributed by atoms with van der Waals surface area (Å²) in [5.41, 5.74) is 7.07. The summed E-state index contributed by atoms with van der Waals surface area (Å²) in [6.07, 6.45) is 0.567. The van der Waals surface area contributed by atoms with Gasteiger partial charge in [-0.05, 0) is 60.4 Å². The summed E-state index contributed by atoms with van der Waals surface area (Å²) in [7, 11) is 1.86. The zero-order valence-electron chi connectivity index (χ0n) is 21.9. The first-order valence-corrected chi connectivity index (χ1v) is 13.1. The van der Waals surface area contributed by atoms with Crippen LogP contribution in [0.1, 0.15) is 47.3 Å². The van der Waals surface area contributed by atoms with Crippen molar-refractivity contribution >= 4 is 22.6 Å². The predicted octanol–water partition coefficient (Wildman–Crippen LogP) is 5.00. The van der Waals surface area contributed by atoms with Crippen LogP contribution in [0.2, 0.25) is 0 Å². The van der Waals surface area contributed by atoms with Gasteiger partial charge in [-0.3, -0.25) is 9.59 Å². The minimum absolute atomic E-state index is 0.0688. The van der Waals surface area contributed by atoms with Gasteiger partial charge in [0, 0.05) is 35.7 Å². The van der Waals surface area contributed by atoms with Gasteiger partial charge in [0.25, 0.3) is 5.56 Å². The Morgan fingerprint density at radius 3 is 2.74 bits per heavy atom. The molecule has 0 bridgehead atoms. The fourth-order valence-corrected chi connectivity index (χ4v) is 5.56. The third-order valence-electron chi connectivity index (χ3n) is 7.62. The number of esters is 1. The van der Waals surface area contributed by atoms with Crippen molar-refractivity contribution in [1.29, 1.82) is 0 Å². The van der Waals surface area contributed by atoms with Gasteiger partial charge in [0.2, 0.25) is 0 Å². The van der Waals surface area contributed by atoms with Gasteiger partial charge in [0.15, 0.2) is 6.10 Å². The lowest BCUT2D eigenvalue weighted by molar-refractivity contribution is -0.150. The van der Waals surface area contributed by atoms with E-state index >= 15 is 0 Å². The third kappa shape index (κ3) is 4.22. The molecule has 2 aliphatic rings. The molecule has 6 rings (SSSR count). The lowest BCUT2D eigenvalue weighted by Crippen LogP contribution is -2.31. The van der Waals surface area contributed by atoms with Crippen molar-refractivity contribution in [1.82, 2.24) is 9.55 Å². The maximum atomic E-state index is 13.7. The molecule has 2 aliphatic heterocycles. The van der Waals surface area contributed by atoms with Crippen LogP contribution in [0.5, 0.6) is 5.75 Å². The number of aromatic nitrogens is 2. The van der Waals surface area contributed by atoms with Crippen LogP contribution in [0.25, 0.3) is 22.3 Å². The smallest absolute Gasteiger partial charge is 0.307 e. The molecule has 1 unspecified atom stereocenters. The van der Waals surface area contributed by atoms with Gasteiger partial charge in [-0.1, -0.05) is 25.6 Å². The van der Waals surface area contributed by atoms with E-state index < -0.39 is 12.1 Å². The number of aromatic hydroxyl groups is 1. The molecule has 2 aromatic carbocycles. The highest BCUT2D eigenvalue weighted by Crippen LogP contribution is 2.40. The standard InChI is InChI=1S/C31H29N3O5/c1-4-21-22-13-20(35)10-11-26(22)33-29-24(21)15-34-27(29)14-23-25(31(34)37)16-38-17(2)30(23)39-28(36)12-7-18-5-8-19(32-3)9-6-18/h5-6,8-11,13-14,30,32,35H,2,4,7,12,15-16H2,1,3H3. The first-order chi connectivity index (χ1) is 18.9. The number of nitrogens with zero attached hydrogens (tertiary/aromatic N) is 2. The molecule has 39 heavy (non-hydrogen) atoms. The van der Waals surface area contributed by atoms with E-state index in [-0.39, 0.29) is 24.3 Å². The van der Waals surface area contributed by atoms with E-state index in [1.165, 1.54) is 0 Å². The molecule has 0 saturated heterocycles. The Balaban J connectivity index is 1.34. The van der Waals surface area contributed by atoms with Crippen LogP contribution in [0.15, 0.2) is 65.7 Å². The fourth-order valence-electron chi connectivity index (χ4n) is 5.56. The summed E-state index contributed by atoms with van der Waals surface area (Å²) < 4.78 is 13.3. The van der Waals surface area contributed by atoms with Gasteiger partial charge in [-0.15, -0.1) is 0 Å². The van der Waals surface area contributed by atoms with E-state index in [2.05, 4.69) is 18.8 Å². The number of fused-ring (bicyclic) bond motifs is 5. The molecule has 0 aliphatic carbocycles. The number of hydrogen-bond donors (Lipinski definition) is 2. The highest BCUT2D eigenvalue weighted by Gasteiger charge is 2.35. The molecule has 2 N–H and O–H groups in total. The second-order valence-electron chi connectivity index (χ2n) is 9.90. The van der Waals surface area contributed by atoms with Crippen LogP contribution in [0.3, 0.4) is 0 Å². The van der Waals surface area contributed by atoms with E-state index in [1.54, 1.807) is 22.8 Å². The fraction of sp³-hybridized carbons (Fsp3) is 0.258. The second-order valence-corrected chi connectivity index (χ2v) is 9.90. The van der Waals surface area contributed by atoms with Gasteiger partial charge in [-0.25, -0.2) is 4.98 Å². The summed E-state index contributed by atoms with van der Waals surface area (Å²) in [4.78, 5) is 31.4. The summed E-state index contributed by atoms with van der Waals surface area (Å²) in [6.45, 7) is 6.48. The number of aryl methyl sites for hydroxylation is 2. The molecule has 0 spiro atoms. The number of rotatable bonds is 6. The van der Waals surface area contributed by atoms with E-state index in [0.717, 1.165) is 45.4 Å². The molecule has 1 atom stereocenters. The van der Waals surface area contributed by atoms with Gasteiger partial charge in [-0.2, -0.15) is 0 Å². The molecular formula is C31H29N3O5. The lowest BCUT2D eigenvalue weighted by Gasteiger charge is -2.28. The first kappa shape index (κ1) is 24.7. The second kappa shape index (κ2) is 9.62. The number of phenolic OH excluding ortho intramolecular Hbond substituents is 1. The van der Waals surface area contributed by atoms with Crippen molar-refractivity contribution in [3.63, 3.8) is 0 Å². The molecule has 8 heteroatoms. The summed E-state index contributed by atoms with van der Waals surface area (Å²) in [5.74, 6) is 0.0823. The molecule has 4 aromatic rings. The zero-order valence-corrected chi connectivity index (χ0v) is 21.9. The highest BCUT2D eigenvalue weighted by atomic mass is 16.6. The first-order valence-electron chi connectivity index (χ1n) is 13.1. The zero-order chi connectivity index (χ0) is 27.3. The molecule has 4 heterocycles. The minimum Gasteiger partial charge on any atom is -0.508 e. The molecule has 8 nitrogen and oxygen atoms in total. The van der Waals surface area contributed by atoms with E-state index in [4.69, 9.17) is 14.5 Å². The lowest BCUT2D eigenvalue weighted by atomic mass is 9.97. The maximum Gasteiger partial charge on any atom is 0.307 e. The van der Waals surface area contributed by atoms with Crippen LogP contribution in [-0.4, -0.2) is 27.7 Å². The highest BCUT2D eigenvalue weighted by molar-refractivity contribution is 5.89. The number of phenols is 1. The van der Waals surface area contributed by atoms with Crippen molar-refractivity contribution in [2.24, 2.45) is 0 Å². The van der Waals surface area contributed by atoms with Gasteiger partial charge in [0.05, 0.1) is 29.0 Å². The van der Waals surface area contributed by atoms with Crippen molar-refractivity contribution in [2.75, 3.05) is 12.4 Å². The van der Waals surface area contributed by atoms with Crippen molar-refractivity contribution < 1.29 is 19.4 Å². The maximum absolute atomic E-state index is 13.7. The van der Waals surface area contributed by atoms with Crippen LogP contribution >= 0.6 is 0 Å². The van der Waals surface area contributed by atoms with E-state index in [1.807, 2.05) is 37.4 Å². The number of ether oxygens (including phenoxy) is 2. The molecule has 198 valence electrons. The Hall–Kier alpha value is -4.59. The Bertz CT molecular complexity index is 1700. The Kier molecular flexibility index (Phi) is 6.10. The van der Waals surface area contributed by atoms with Gasteiger partial charge < -0.3 is 24.5 Å². The van der Waals surface area contributed by atoms with Crippen LogP contribution in [0.4, 0.5) is 5.69 Å². The Morgan fingerprint density at radius 1 is 1.21 bits per heavy atom. The normalized spacial score (nSPS) is 15.3. The summed E-state index contributed by atoms with van der Waals surface area (Å²) >= 11 is 0. The molecule has 0 saturated carbocycles. The SMILES string of the molecule is C=C1OCc2c(cc3n(c2=O)Cc2c-3nc3ccc(O)cc3c2CC)C1OC(=O)CCc1ccc(NC)cc1. The average Bonchev–Trinajstić information content (AvgIpc) is 3.31. The number of pyridine rings is 2. The van der Waals surface area contributed by atoms with Gasteiger partial charge in [0.1, 0.15) is 18.1 Å². The number of nitrogens with one attached hydrogen (secondary N) is 1. The minimum atomic E-state index is -0.876. The van der Waals surface area contributed by atoms with Crippen molar-refractivity contribution in [3.05, 3.63) is 99.0 Å². The molecule has 0 fully saturated rings. The Morgan fingerprint density at radius 2 is 2.00 bits per heavy atom. The summed E-state index contributed by atoms with van der Waals surface area (Å²) in [5, 5.41) is 14.0. The van der Waals surface area contributed by atoms with Crippen LogP contribution < -0.4 is 10.9 Å². The van der Waals surface area contributed by atoms with E-state index in [9.17, 15) is 14.7 Å². The van der Waals surface area contributed by atoms with Crippen LogP contribution in [-0.2, 0) is 40.3 Å². The number of carbonyl (C=O) groups is 1. The van der Waals surface area contributed by atoms with Crippen LogP contribution in [0, 0.1) is 0 Å². The number of anilines is 1. The molecule has 0 radical (unpaired) electrons. The Labute approximate surface area is 225 Å². The van der Waals surface area contributed by atoms with Gasteiger partial charge >= 0.3 is 5.97 Å². The number of benzene rings is 2. The summed E-state index contributed by atoms with van der Waals surface area (Å²) in [6, 6.07) is 14.9. The quantitative estimate of drug-likeness (QED) is 0.302. The van der Waals surface area contributed by atoms with E-state index in [0.29, 0.717) is 35.5 Å². The third-order valence-corrected chi connectivity index (χ3v) is 7.62. The predicted molar refractivity (Wildman–Crippen MR) is 149 cm³/mol. The monoisotopic (exact) mass is 523 g/mol. The van der Waals surface area contributed by atoms with Crippen molar-refractivity contribution in [3.8, 4) is 17.1 Å². The topological polar surface area (TPSA) is 103 Å². The molecular weight excluding hydrogens is 494 g/mol. The molecule has 0 amide bonds. The average molecular weight is 524 g/mol. The number of hydrogen-bond acceptors (Lipinski definition) is 7. The van der Waals surface area contributed by atoms with Crippen molar-refractivity contribution in [2.45, 2.75) is 45.4 Å². The molecule has 2 aromatic heterocycles.